The van der Waals surface area contributed by atoms with Gasteiger partial charge in [-0.05, 0) is 68.2 Å². The fourth-order valence-electron chi connectivity index (χ4n) is 8.14. The van der Waals surface area contributed by atoms with Crippen LogP contribution in [0.5, 0.6) is 5.75 Å². The number of phenols is 1. The monoisotopic (exact) mass is 1210 g/mol. The summed E-state index contributed by atoms with van der Waals surface area (Å²) in [6.45, 7) is 5.08. The lowest BCUT2D eigenvalue weighted by Gasteiger charge is -2.29. The quantitative estimate of drug-likeness (QED) is 0.0167. The number of hydrogen-bond acceptors (Lipinski definition) is 18. The first-order chi connectivity index (χ1) is 39.3. The molecule has 34 heteroatoms. The van der Waals surface area contributed by atoms with Crippen LogP contribution in [-0.4, -0.2) is 205 Å². The molecule has 1 aliphatic heterocycles. The zero-order chi connectivity index (χ0) is 63.5. The van der Waals surface area contributed by atoms with Gasteiger partial charge in [0.15, 0.2) is 5.96 Å². The largest absolute Gasteiger partial charge is 0.508 e. The fraction of sp³-hybridized carbons (Fsp3) is 0.600. The SMILES string of the molecule is CC(C)[C@H](NC(=O)[C@H](CO)NC(=O)[C@H](CCS(C)=O)NC(=O)[C@@H](NC(=O)[C@H](CC(=O)O)NC(=O)[C@H](CC(=O)O)NC(=O)[C@H](CCCN=C(N)N)NC(=O)[C@H](Cc1ccc(O)cc1)NC(=O)[C@@H]1CCCN1)C(C)C)C(=O)N[C@@H](CC(N)=O)C(=O)O. The number of rotatable bonds is 37. The van der Waals surface area contributed by atoms with E-state index < -0.39 is 192 Å². The van der Waals surface area contributed by atoms with Crippen LogP contribution in [-0.2, 0) is 79.5 Å². The van der Waals surface area contributed by atoms with Crippen LogP contribution in [0.15, 0.2) is 29.3 Å². The van der Waals surface area contributed by atoms with Crippen molar-refractivity contribution < 1.29 is 92.1 Å². The van der Waals surface area contributed by atoms with Crippen LogP contribution < -0.4 is 70.4 Å². The van der Waals surface area contributed by atoms with Gasteiger partial charge in [0.05, 0.1) is 31.9 Å². The molecule has 1 aromatic rings. The molecule has 11 atom stereocenters. The zero-order valence-corrected chi connectivity index (χ0v) is 47.8. The third kappa shape index (κ3) is 25.7. The number of aliphatic hydroxyl groups excluding tert-OH is 1. The van der Waals surface area contributed by atoms with Crippen molar-refractivity contribution in [1.29, 1.82) is 0 Å². The number of aliphatic hydroxyl groups is 1. The molecule has 0 bridgehead atoms. The van der Waals surface area contributed by atoms with Crippen molar-refractivity contribution in [3.05, 3.63) is 29.8 Å². The second-order valence-corrected chi connectivity index (χ2v) is 21.9. The Kier molecular flexibility index (Phi) is 30.2. The number of amides is 10. The molecular weight excluding hydrogens is 1130 g/mol. The van der Waals surface area contributed by atoms with Gasteiger partial charge >= 0.3 is 17.9 Å². The number of nitrogens with zero attached hydrogens (tertiary/aromatic N) is 1. The number of nitrogens with two attached hydrogens (primary N) is 3. The highest BCUT2D eigenvalue weighted by Gasteiger charge is 2.38. The minimum atomic E-state index is -2.11. The average molecular weight is 1210 g/mol. The second-order valence-electron chi connectivity index (χ2n) is 20.3. The Hall–Kier alpha value is -8.53. The molecule has 1 aromatic carbocycles. The molecule has 33 nitrogen and oxygen atoms in total. The molecule has 10 amide bonds. The van der Waals surface area contributed by atoms with Crippen molar-refractivity contribution in [2.24, 2.45) is 34.0 Å². The molecule has 0 aromatic heterocycles. The third-order valence-electron chi connectivity index (χ3n) is 12.6. The van der Waals surface area contributed by atoms with Gasteiger partial charge in [0.1, 0.15) is 60.1 Å². The highest BCUT2D eigenvalue weighted by molar-refractivity contribution is 7.84. The van der Waals surface area contributed by atoms with Gasteiger partial charge in [-0.3, -0.25) is 66.7 Å². The van der Waals surface area contributed by atoms with Crippen molar-refractivity contribution >= 4 is 93.7 Å². The van der Waals surface area contributed by atoms with Crippen LogP contribution in [0.2, 0.25) is 0 Å². The van der Waals surface area contributed by atoms with Crippen molar-refractivity contribution in [3.8, 4) is 5.75 Å². The predicted molar refractivity (Wildman–Crippen MR) is 296 cm³/mol. The van der Waals surface area contributed by atoms with E-state index >= 15 is 0 Å². The van der Waals surface area contributed by atoms with Crippen molar-refractivity contribution in [1.82, 2.24) is 53.2 Å². The number of carboxylic acid groups (broad SMARTS) is 3. The van der Waals surface area contributed by atoms with Crippen molar-refractivity contribution in [3.63, 3.8) is 0 Å². The molecule has 21 N–H and O–H groups in total. The lowest BCUT2D eigenvalue weighted by molar-refractivity contribution is -0.144. The van der Waals surface area contributed by atoms with Crippen LogP contribution in [0.3, 0.4) is 0 Å². The standard InChI is InChI=1S/C50H78N14O19S/c1-23(2)38(47(79)57-29(14-17-84(5)83)42(74)62-34(22-65)46(78)64-39(24(3)4)48(80)61-33(49(81)82)19-35(51)67)63-45(77)32(21-37(70)71)60-44(76)31(20-36(68)69)59-41(73)28(9-7-16-55-50(52)53)56-43(75)30(18-25-10-12-26(66)13-11-25)58-40(72)27-8-6-15-54-27/h10-13,23-24,27-34,38-39,54,65-66H,6-9,14-22H2,1-5H3,(H2,51,67)(H,56,75)(H,57,79)(H,58,72)(H,59,73)(H,60,76)(H,61,80)(H,62,74)(H,63,77)(H,64,78)(H,68,69)(H,70,71)(H,81,82)(H4,52,53,55)/t27-,28-,29-,30-,31-,32-,33-,34-,38-,39-,84?/m0/s1. The number of guanidine groups is 1. The van der Waals surface area contributed by atoms with Crippen LogP contribution in [0.4, 0.5) is 0 Å². The summed E-state index contributed by atoms with van der Waals surface area (Å²) >= 11 is 0. The number of carbonyl (C=O) groups is 13. The van der Waals surface area contributed by atoms with E-state index in [9.17, 15) is 92.1 Å². The number of aromatic hydroxyl groups is 1. The highest BCUT2D eigenvalue weighted by atomic mass is 32.2. The van der Waals surface area contributed by atoms with Gasteiger partial charge < -0.3 is 95.9 Å². The molecule has 0 saturated carbocycles. The summed E-state index contributed by atoms with van der Waals surface area (Å²) < 4.78 is 12.2. The van der Waals surface area contributed by atoms with Gasteiger partial charge in [-0.15, -0.1) is 0 Å². The van der Waals surface area contributed by atoms with Crippen molar-refractivity contribution in [2.75, 3.05) is 31.7 Å². The lowest BCUT2D eigenvalue weighted by atomic mass is 10.0. The van der Waals surface area contributed by atoms with E-state index in [4.69, 9.17) is 17.2 Å². The molecule has 1 saturated heterocycles. The Morgan fingerprint density at radius 3 is 1.48 bits per heavy atom. The summed E-state index contributed by atoms with van der Waals surface area (Å²) in [5.74, 6) is -18.2. The number of hydrogen-bond donors (Lipinski definition) is 18. The maximum absolute atomic E-state index is 14.1. The summed E-state index contributed by atoms with van der Waals surface area (Å²) in [4.78, 5) is 175. The van der Waals surface area contributed by atoms with Gasteiger partial charge in [-0.2, -0.15) is 0 Å². The molecule has 0 aliphatic carbocycles. The Morgan fingerprint density at radius 1 is 0.595 bits per heavy atom. The summed E-state index contributed by atoms with van der Waals surface area (Å²) in [6.07, 6.45) is -1.54. The number of phenolic OH excluding ortho intramolecular Hbond substituents is 1. The second kappa shape index (κ2) is 35.5. The van der Waals surface area contributed by atoms with E-state index in [1.807, 2.05) is 0 Å². The smallest absolute Gasteiger partial charge is 0.326 e. The number of primary amides is 1. The number of aliphatic imine (C=N–C) groups is 1. The van der Waals surface area contributed by atoms with E-state index in [0.29, 0.717) is 24.9 Å². The summed E-state index contributed by atoms with van der Waals surface area (Å²) in [6, 6.07) is -10.5. The molecule has 2 rings (SSSR count). The molecule has 1 heterocycles. The van der Waals surface area contributed by atoms with E-state index in [0.717, 1.165) is 0 Å². The molecule has 1 unspecified atom stereocenters. The molecule has 0 radical (unpaired) electrons. The van der Waals surface area contributed by atoms with Crippen LogP contribution >= 0.6 is 0 Å². The van der Waals surface area contributed by atoms with Gasteiger partial charge in [0.25, 0.3) is 0 Å². The molecule has 1 fully saturated rings. The number of carbonyl (C=O) groups excluding carboxylic acids is 10. The van der Waals surface area contributed by atoms with Crippen LogP contribution in [0, 0.1) is 11.8 Å². The van der Waals surface area contributed by atoms with Crippen LogP contribution in [0.25, 0.3) is 0 Å². The average Bonchev–Trinajstić information content (AvgIpc) is 4.02. The normalized spacial score (nSPS) is 16.4. The lowest BCUT2D eigenvalue weighted by Crippen LogP contribution is -2.62. The minimum absolute atomic E-state index is 0.00421. The Morgan fingerprint density at radius 2 is 1.04 bits per heavy atom. The predicted octanol–water partition coefficient (Wildman–Crippen LogP) is -6.91. The van der Waals surface area contributed by atoms with E-state index in [1.54, 1.807) is 0 Å². The Balaban J connectivity index is 2.41. The van der Waals surface area contributed by atoms with E-state index in [2.05, 4.69) is 58.2 Å². The summed E-state index contributed by atoms with van der Waals surface area (Å²) in [7, 11) is -1.61. The maximum atomic E-state index is 14.1. The summed E-state index contributed by atoms with van der Waals surface area (Å²) in [5, 5.41) is 72.8. The number of benzene rings is 1. The maximum Gasteiger partial charge on any atom is 0.326 e. The third-order valence-corrected chi connectivity index (χ3v) is 13.5. The first kappa shape index (κ1) is 71.6. The Labute approximate surface area is 484 Å². The topological polar surface area (TPSA) is 551 Å². The van der Waals surface area contributed by atoms with Gasteiger partial charge in [0, 0.05) is 35.8 Å². The van der Waals surface area contributed by atoms with Crippen molar-refractivity contribution in [2.45, 2.75) is 146 Å². The number of aliphatic carboxylic acids is 3. The molecule has 1 aliphatic rings. The number of nitrogens with one attached hydrogen (secondary N) is 10. The first-order valence-corrected chi connectivity index (χ1v) is 28.2. The van der Waals surface area contributed by atoms with Crippen LogP contribution in [0.1, 0.15) is 84.6 Å². The molecule has 84 heavy (non-hydrogen) atoms. The zero-order valence-electron chi connectivity index (χ0n) is 47.0. The Bertz CT molecular complexity index is 2580. The molecule has 0 spiro atoms. The molecular formula is C50H78N14O19S. The number of carboxylic acids is 3. The highest BCUT2D eigenvalue weighted by Crippen LogP contribution is 2.14. The van der Waals surface area contributed by atoms with Gasteiger partial charge in [-0.25, -0.2) is 4.79 Å². The van der Waals surface area contributed by atoms with E-state index in [1.165, 1.54) is 58.2 Å². The van der Waals surface area contributed by atoms with Gasteiger partial charge in [-0.1, -0.05) is 39.8 Å². The van der Waals surface area contributed by atoms with E-state index in [-0.39, 0.29) is 43.3 Å². The first-order valence-electron chi connectivity index (χ1n) is 26.5. The minimum Gasteiger partial charge on any atom is -0.508 e. The summed E-state index contributed by atoms with van der Waals surface area (Å²) in [5.41, 5.74) is 16.5. The molecule has 468 valence electrons. The van der Waals surface area contributed by atoms with Gasteiger partial charge in [0.2, 0.25) is 59.1 Å². The fourth-order valence-corrected chi connectivity index (χ4v) is 8.70.